The third-order valence-electron chi connectivity index (χ3n) is 4.25. The first-order valence-electron chi connectivity index (χ1n) is 8.92. The first kappa shape index (κ1) is 21.6. The summed E-state index contributed by atoms with van der Waals surface area (Å²) in [7, 11) is -1.98. The molecule has 0 aliphatic heterocycles. The van der Waals surface area contributed by atoms with Crippen LogP contribution in [0.15, 0.2) is 48.5 Å². The molecule has 0 saturated carbocycles. The zero-order valence-electron chi connectivity index (χ0n) is 16.5. The Bertz CT molecular complexity index is 880. The van der Waals surface area contributed by atoms with Gasteiger partial charge in [-0.1, -0.05) is 19.1 Å². The second-order valence-corrected chi connectivity index (χ2v) is 8.05. The highest BCUT2D eigenvalue weighted by atomic mass is 32.2. The molecule has 2 aromatic rings. The van der Waals surface area contributed by atoms with E-state index in [0.717, 1.165) is 18.2 Å². The van der Waals surface area contributed by atoms with Crippen LogP contribution in [0.25, 0.3) is 0 Å². The minimum Gasteiger partial charge on any atom is -0.497 e. The number of benzene rings is 2. The summed E-state index contributed by atoms with van der Waals surface area (Å²) in [5.41, 5.74) is 1.54. The van der Waals surface area contributed by atoms with Crippen LogP contribution in [0.5, 0.6) is 11.5 Å². The Morgan fingerprint density at radius 2 is 1.64 bits per heavy atom. The molecule has 0 aromatic heterocycles. The molecule has 7 nitrogen and oxygen atoms in total. The standard InChI is InChI=1S/C20H26N2O5S/c1-5-15(2)22(20(23)21-17-8-12-18(26-3)13-9-17)14-16-6-10-19(11-7-16)27-28(4,24)25/h6-13,15H,5,14H2,1-4H3,(H,21,23)/t15-/m0/s1. The van der Waals surface area contributed by atoms with Crippen molar-refractivity contribution in [2.24, 2.45) is 0 Å². The number of hydrogen-bond donors (Lipinski definition) is 1. The number of rotatable bonds is 8. The molecule has 0 radical (unpaired) electrons. The van der Waals surface area contributed by atoms with Gasteiger partial charge < -0.3 is 19.1 Å². The quantitative estimate of drug-likeness (QED) is 0.673. The summed E-state index contributed by atoms with van der Waals surface area (Å²) >= 11 is 0. The van der Waals surface area contributed by atoms with Crippen molar-refractivity contribution in [3.8, 4) is 11.5 Å². The van der Waals surface area contributed by atoms with E-state index in [9.17, 15) is 13.2 Å². The molecule has 2 aromatic carbocycles. The number of anilines is 1. The molecule has 0 saturated heterocycles. The van der Waals surface area contributed by atoms with Crippen LogP contribution in [-0.4, -0.2) is 38.8 Å². The lowest BCUT2D eigenvalue weighted by molar-refractivity contribution is 0.187. The van der Waals surface area contributed by atoms with E-state index in [-0.39, 0.29) is 17.8 Å². The second kappa shape index (κ2) is 9.45. The highest BCUT2D eigenvalue weighted by Gasteiger charge is 2.19. The van der Waals surface area contributed by atoms with Crippen molar-refractivity contribution in [3.05, 3.63) is 54.1 Å². The highest BCUT2D eigenvalue weighted by molar-refractivity contribution is 7.86. The van der Waals surface area contributed by atoms with Crippen LogP contribution in [0.1, 0.15) is 25.8 Å². The van der Waals surface area contributed by atoms with Crippen LogP contribution in [0.4, 0.5) is 10.5 Å². The Morgan fingerprint density at radius 1 is 1.07 bits per heavy atom. The zero-order chi connectivity index (χ0) is 20.7. The predicted molar refractivity (Wildman–Crippen MR) is 109 cm³/mol. The molecule has 1 atom stereocenters. The summed E-state index contributed by atoms with van der Waals surface area (Å²) in [5.74, 6) is 0.956. The number of hydrogen-bond acceptors (Lipinski definition) is 5. The number of nitrogens with zero attached hydrogens (tertiary/aromatic N) is 1. The van der Waals surface area contributed by atoms with Crippen molar-refractivity contribution in [1.82, 2.24) is 4.90 Å². The third-order valence-corrected chi connectivity index (χ3v) is 4.74. The highest BCUT2D eigenvalue weighted by Crippen LogP contribution is 2.19. The first-order chi connectivity index (χ1) is 13.2. The van der Waals surface area contributed by atoms with Crippen LogP contribution in [0, 0.1) is 0 Å². The molecule has 0 fully saturated rings. The molecule has 8 heteroatoms. The van der Waals surface area contributed by atoms with Gasteiger partial charge in [0, 0.05) is 18.3 Å². The summed E-state index contributed by atoms with van der Waals surface area (Å²) in [4.78, 5) is 14.5. The van der Waals surface area contributed by atoms with Gasteiger partial charge in [-0.3, -0.25) is 0 Å². The van der Waals surface area contributed by atoms with Crippen LogP contribution < -0.4 is 14.2 Å². The van der Waals surface area contributed by atoms with Crippen LogP contribution >= 0.6 is 0 Å². The molecule has 0 aliphatic rings. The van der Waals surface area contributed by atoms with Gasteiger partial charge >= 0.3 is 16.1 Å². The Kier molecular flexibility index (Phi) is 7.28. The molecule has 2 rings (SSSR count). The third kappa shape index (κ3) is 6.45. The maximum absolute atomic E-state index is 12.8. The number of nitrogens with one attached hydrogen (secondary N) is 1. The van der Waals surface area contributed by atoms with Gasteiger partial charge in [-0.05, 0) is 55.3 Å². The van der Waals surface area contributed by atoms with Crippen molar-refractivity contribution in [3.63, 3.8) is 0 Å². The number of amides is 2. The lowest BCUT2D eigenvalue weighted by Crippen LogP contribution is -2.40. The Labute approximate surface area is 166 Å². The smallest absolute Gasteiger partial charge is 0.322 e. The van der Waals surface area contributed by atoms with E-state index in [1.807, 2.05) is 13.8 Å². The molecule has 1 N–H and O–H groups in total. The van der Waals surface area contributed by atoms with E-state index in [0.29, 0.717) is 18.0 Å². The fraction of sp³-hybridized carbons (Fsp3) is 0.350. The molecule has 2 amide bonds. The minimum absolute atomic E-state index is 0.0187. The molecule has 0 unspecified atom stereocenters. The maximum atomic E-state index is 12.8. The molecular weight excluding hydrogens is 380 g/mol. The molecule has 152 valence electrons. The van der Waals surface area contributed by atoms with Gasteiger partial charge in [0.25, 0.3) is 0 Å². The van der Waals surface area contributed by atoms with E-state index in [4.69, 9.17) is 8.92 Å². The fourth-order valence-electron chi connectivity index (χ4n) is 2.54. The number of carbonyl (C=O) groups is 1. The van der Waals surface area contributed by atoms with Crippen LogP contribution in [0.2, 0.25) is 0 Å². The van der Waals surface area contributed by atoms with Crippen LogP contribution in [-0.2, 0) is 16.7 Å². The van der Waals surface area contributed by atoms with Crippen molar-refractivity contribution >= 4 is 21.8 Å². The molecule has 0 heterocycles. The summed E-state index contributed by atoms with van der Waals surface area (Å²) in [6, 6.07) is 13.6. The van der Waals surface area contributed by atoms with Gasteiger partial charge in [-0.25, -0.2) is 4.79 Å². The monoisotopic (exact) mass is 406 g/mol. The molecule has 0 bridgehead atoms. The Hall–Kier alpha value is -2.74. The van der Waals surface area contributed by atoms with Gasteiger partial charge in [-0.2, -0.15) is 8.42 Å². The molecular formula is C20H26N2O5S. The van der Waals surface area contributed by atoms with Gasteiger partial charge in [0.05, 0.1) is 13.4 Å². The zero-order valence-corrected chi connectivity index (χ0v) is 17.3. The Balaban J connectivity index is 2.10. The number of methoxy groups -OCH3 is 1. The second-order valence-electron chi connectivity index (χ2n) is 6.48. The topological polar surface area (TPSA) is 84.9 Å². The van der Waals surface area contributed by atoms with E-state index in [1.165, 1.54) is 0 Å². The van der Waals surface area contributed by atoms with Crippen molar-refractivity contribution in [1.29, 1.82) is 0 Å². The molecule has 0 aliphatic carbocycles. The van der Waals surface area contributed by atoms with E-state index in [2.05, 4.69) is 5.32 Å². The maximum Gasteiger partial charge on any atom is 0.322 e. The Morgan fingerprint density at radius 3 is 2.14 bits per heavy atom. The summed E-state index contributed by atoms with van der Waals surface area (Å²) in [6.45, 7) is 4.38. The average Bonchev–Trinajstić information content (AvgIpc) is 2.66. The van der Waals surface area contributed by atoms with E-state index >= 15 is 0 Å². The number of ether oxygens (including phenoxy) is 1. The van der Waals surface area contributed by atoms with Gasteiger partial charge in [0.1, 0.15) is 11.5 Å². The predicted octanol–water partition coefficient (Wildman–Crippen LogP) is 3.87. The SMILES string of the molecule is CC[C@H](C)N(Cc1ccc(OS(C)(=O)=O)cc1)C(=O)Nc1ccc(OC)cc1. The normalized spacial score (nSPS) is 12.1. The number of urea groups is 1. The molecule has 28 heavy (non-hydrogen) atoms. The van der Waals surface area contributed by atoms with Crippen LogP contribution in [0.3, 0.4) is 0 Å². The minimum atomic E-state index is -3.57. The number of carbonyl (C=O) groups excluding carboxylic acids is 1. The van der Waals surface area contributed by atoms with Gasteiger partial charge in [0.15, 0.2) is 0 Å². The summed E-state index contributed by atoms with van der Waals surface area (Å²) in [6.07, 6.45) is 1.79. The lowest BCUT2D eigenvalue weighted by Gasteiger charge is -2.29. The van der Waals surface area contributed by atoms with Gasteiger partial charge in [-0.15, -0.1) is 0 Å². The lowest BCUT2D eigenvalue weighted by atomic mass is 10.1. The van der Waals surface area contributed by atoms with E-state index in [1.54, 1.807) is 60.5 Å². The average molecular weight is 407 g/mol. The van der Waals surface area contributed by atoms with Gasteiger partial charge in [0.2, 0.25) is 0 Å². The van der Waals surface area contributed by atoms with Crippen molar-refractivity contribution in [2.75, 3.05) is 18.7 Å². The fourth-order valence-corrected chi connectivity index (χ4v) is 3.00. The molecule has 0 spiro atoms. The summed E-state index contributed by atoms with van der Waals surface area (Å²) < 4.78 is 32.4. The van der Waals surface area contributed by atoms with E-state index < -0.39 is 10.1 Å². The summed E-state index contributed by atoms with van der Waals surface area (Å²) in [5, 5.41) is 2.90. The van der Waals surface area contributed by atoms with Crippen molar-refractivity contribution < 1.29 is 22.1 Å². The van der Waals surface area contributed by atoms with Crippen molar-refractivity contribution in [2.45, 2.75) is 32.9 Å². The largest absolute Gasteiger partial charge is 0.497 e. The first-order valence-corrected chi connectivity index (χ1v) is 10.7.